The van der Waals surface area contributed by atoms with E-state index in [1.54, 1.807) is 7.11 Å². The standard InChI is InChI=1S/C16H18BrNO2/c1-11(18)15-7-6-14(19-2)9-16(15)20-10-12-4-3-5-13(17)8-12/h3-9,11H,10,18H2,1-2H3/t11-/m0/s1. The minimum absolute atomic E-state index is 0.0848. The number of rotatable bonds is 5. The van der Waals surface area contributed by atoms with E-state index >= 15 is 0 Å². The molecule has 0 heterocycles. The number of halogens is 1. The topological polar surface area (TPSA) is 44.5 Å². The second-order valence-corrected chi connectivity index (χ2v) is 5.53. The molecule has 0 radical (unpaired) electrons. The number of methoxy groups -OCH3 is 1. The van der Waals surface area contributed by atoms with Gasteiger partial charge in [-0.25, -0.2) is 0 Å². The van der Waals surface area contributed by atoms with E-state index in [0.717, 1.165) is 27.1 Å². The zero-order valence-electron chi connectivity index (χ0n) is 11.6. The number of hydrogen-bond donors (Lipinski definition) is 1. The molecule has 0 bridgehead atoms. The van der Waals surface area contributed by atoms with Gasteiger partial charge in [0.25, 0.3) is 0 Å². The van der Waals surface area contributed by atoms with Crippen LogP contribution in [-0.2, 0) is 6.61 Å². The molecule has 0 aromatic heterocycles. The van der Waals surface area contributed by atoms with E-state index in [-0.39, 0.29) is 6.04 Å². The molecule has 0 saturated heterocycles. The highest BCUT2D eigenvalue weighted by Crippen LogP contribution is 2.29. The lowest BCUT2D eigenvalue weighted by atomic mass is 10.1. The van der Waals surface area contributed by atoms with E-state index in [0.29, 0.717) is 6.61 Å². The fraction of sp³-hybridized carbons (Fsp3) is 0.250. The van der Waals surface area contributed by atoms with Crippen LogP contribution < -0.4 is 15.2 Å². The van der Waals surface area contributed by atoms with Crippen molar-refractivity contribution >= 4 is 15.9 Å². The molecular formula is C16H18BrNO2. The van der Waals surface area contributed by atoms with Gasteiger partial charge in [-0.05, 0) is 30.7 Å². The Morgan fingerprint density at radius 1 is 1.20 bits per heavy atom. The monoisotopic (exact) mass is 335 g/mol. The van der Waals surface area contributed by atoms with Gasteiger partial charge in [0.1, 0.15) is 18.1 Å². The molecule has 2 aromatic rings. The molecule has 2 rings (SSSR count). The van der Waals surface area contributed by atoms with Gasteiger partial charge < -0.3 is 15.2 Å². The summed E-state index contributed by atoms with van der Waals surface area (Å²) in [6.07, 6.45) is 0. The zero-order valence-corrected chi connectivity index (χ0v) is 13.2. The Balaban J connectivity index is 2.19. The molecule has 106 valence electrons. The summed E-state index contributed by atoms with van der Waals surface area (Å²) in [6.45, 7) is 2.43. The Labute approximate surface area is 127 Å². The fourth-order valence-corrected chi connectivity index (χ4v) is 2.38. The minimum Gasteiger partial charge on any atom is -0.497 e. The van der Waals surface area contributed by atoms with Crippen molar-refractivity contribution in [3.63, 3.8) is 0 Å². The van der Waals surface area contributed by atoms with Crippen molar-refractivity contribution in [2.75, 3.05) is 7.11 Å². The van der Waals surface area contributed by atoms with Gasteiger partial charge in [0.15, 0.2) is 0 Å². The van der Waals surface area contributed by atoms with E-state index in [2.05, 4.69) is 15.9 Å². The van der Waals surface area contributed by atoms with Crippen LogP contribution in [0.25, 0.3) is 0 Å². The molecule has 0 spiro atoms. The first-order valence-corrected chi connectivity index (χ1v) is 7.20. The predicted molar refractivity (Wildman–Crippen MR) is 84.1 cm³/mol. The number of benzene rings is 2. The van der Waals surface area contributed by atoms with Crippen molar-refractivity contribution in [1.82, 2.24) is 0 Å². The number of ether oxygens (including phenoxy) is 2. The van der Waals surface area contributed by atoms with Crippen molar-refractivity contribution in [1.29, 1.82) is 0 Å². The maximum absolute atomic E-state index is 5.97. The van der Waals surface area contributed by atoms with E-state index in [1.165, 1.54) is 0 Å². The zero-order chi connectivity index (χ0) is 14.5. The van der Waals surface area contributed by atoms with Gasteiger partial charge in [-0.2, -0.15) is 0 Å². The molecule has 0 aliphatic carbocycles. The Bertz CT molecular complexity index is 584. The average Bonchev–Trinajstić information content (AvgIpc) is 2.44. The van der Waals surface area contributed by atoms with Gasteiger partial charge in [-0.15, -0.1) is 0 Å². The normalized spacial score (nSPS) is 12.0. The van der Waals surface area contributed by atoms with E-state index in [4.69, 9.17) is 15.2 Å². The van der Waals surface area contributed by atoms with Gasteiger partial charge >= 0.3 is 0 Å². The quantitative estimate of drug-likeness (QED) is 0.896. The SMILES string of the molecule is COc1ccc([C@H](C)N)c(OCc2cccc(Br)c2)c1. The summed E-state index contributed by atoms with van der Waals surface area (Å²) in [6, 6.07) is 13.7. The summed E-state index contributed by atoms with van der Waals surface area (Å²) in [4.78, 5) is 0. The average molecular weight is 336 g/mol. The van der Waals surface area contributed by atoms with Crippen LogP contribution in [0.2, 0.25) is 0 Å². The van der Waals surface area contributed by atoms with Crippen LogP contribution in [0.15, 0.2) is 46.9 Å². The molecule has 4 heteroatoms. The van der Waals surface area contributed by atoms with Gasteiger partial charge in [-0.3, -0.25) is 0 Å². The van der Waals surface area contributed by atoms with Crippen LogP contribution in [0.1, 0.15) is 24.1 Å². The molecule has 3 nitrogen and oxygen atoms in total. The Hall–Kier alpha value is -1.52. The maximum Gasteiger partial charge on any atom is 0.128 e. The number of hydrogen-bond acceptors (Lipinski definition) is 3. The smallest absolute Gasteiger partial charge is 0.128 e. The fourth-order valence-electron chi connectivity index (χ4n) is 1.93. The summed E-state index contributed by atoms with van der Waals surface area (Å²) in [5.74, 6) is 1.53. The molecule has 0 amide bonds. The predicted octanol–water partition coefficient (Wildman–Crippen LogP) is 4.06. The van der Waals surface area contributed by atoms with Crippen LogP contribution in [0.5, 0.6) is 11.5 Å². The van der Waals surface area contributed by atoms with Crippen molar-refractivity contribution in [2.45, 2.75) is 19.6 Å². The van der Waals surface area contributed by atoms with Crippen LogP contribution >= 0.6 is 15.9 Å². The van der Waals surface area contributed by atoms with Gasteiger partial charge in [0, 0.05) is 22.1 Å². The molecule has 0 saturated carbocycles. The lowest BCUT2D eigenvalue weighted by Gasteiger charge is -2.15. The second kappa shape index (κ2) is 6.77. The van der Waals surface area contributed by atoms with E-state index < -0.39 is 0 Å². The molecular weight excluding hydrogens is 318 g/mol. The first kappa shape index (κ1) is 14.9. The van der Waals surface area contributed by atoms with Gasteiger partial charge in [0.2, 0.25) is 0 Å². The third-order valence-electron chi connectivity index (χ3n) is 2.99. The molecule has 20 heavy (non-hydrogen) atoms. The van der Waals surface area contributed by atoms with Crippen molar-refractivity contribution in [2.24, 2.45) is 5.73 Å². The summed E-state index contributed by atoms with van der Waals surface area (Å²) >= 11 is 3.45. The highest BCUT2D eigenvalue weighted by Gasteiger charge is 2.10. The van der Waals surface area contributed by atoms with Crippen LogP contribution in [0.4, 0.5) is 0 Å². The lowest BCUT2D eigenvalue weighted by molar-refractivity contribution is 0.299. The molecule has 2 aromatic carbocycles. The van der Waals surface area contributed by atoms with E-state index in [1.807, 2.05) is 49.4 Å². The summed E-state index contributed by atoms with van der Waals surface area (Å²) < 4.78 is 12.2. The third kappa shape index (κ3) is 3.74. The molecule has 0 aliphatic rings. The Morgan fingerprint density at radius 3 is 2.65 bits per heavy atom. The molecule has 1 atom stereocenters. The van der Waals surface area contributed by atoms with Crippen molar-refractivity contribution < 1.29 is 9.47 Å². The first-order chi connectivity index (χ1) is 9.60. The molecule has 0 fully saturated rings. The van der Waals surface area contributed by atoms with Crippen LogP contribution in [0.3, 0.4) is 0 Å². The maximum atomic E-state index is 5.97. The third-order valence-corrected chi connectivity index (χ3v) is 3.49. The Kier molecular flexibility index (Phi) is 5.04. The van der Waals surface area contributed by atoms with Crippen molar-refractivity contribution in [3.05, 3.63) is 58.1 Å². The van der Waals surface area contributed by atoms with Gasteiger partial charge in [0.05, 0.1) is 7.11 Å². The lowest BCUT2D eigenvalue weighted by Crippen LogP contribution is -2.08. The molecule has 0 unspecified atom stereocenters. The highest BCUT2D eigenvalue weighted by molar-refractivity contribution is 9.10. The van der Waals surface area contributed by atoms with Crippen molar-refractivity contribution in [3.8, 4) is 11.5 Å². The summed E-state index contributed by atoms with van der Waals surface area (Å²) in [7, 11) is 1.64. The van der Waals surface area contributed by atoms with E-state index in [9.17, 15) is 0 Å². The second-order valence-electron chi connectivity index (χ2n) is 4.61. The van der Waals surface area contributed by atoms with Gasteiger partial charge in [-0.1, -0.05) is 34.1 Å². The number of nitrogens with two attached hydrogens (primary N) is 1. The van der Waals surface area contributed by atoms with Crippen LogP contribution in [0, 0.1) is 0 Å². The summed E-state index contributed by atoms with van der Waals surface area (Å²) in [5, 5.41) is 0. The highest BCUT2D eigenvalue weighted by atomic mass is 79.9. The largest absolute Gasteiger partial charge is 0.497 e. The molecule has 2 N–H and O–H groups in total. The summed E-state index contributed by atoms with van der Waals surface area (Å²) in [5.41, 5.74) is 8.04. The minimum atomic E-state index is -0.0848. The Morgan fingerprint density at radius 2 is 2.00 bits per heavy atom. The van der Waals surface area contributed by atoms with Crippen LogP contribution in [-0.4, -0.2) is 7.11 Å². The molecule has 0 aliphatic heterocycles. The first-order valence-electron chi connectivity index (χ1n) is 6.41.